The van der Waals surface area contributed by atoms with Crippen molar-refractivity contribution in [2.75, 3.05) is 31.9 Å². The van der Waals surface area contributed by atoms with Crippen LogP contribution >= 0.6 is 0 Å². The summed E-state index contributed by atoms with van der Waals surface area (Å²) in [4.78, 5) is 35.1. The van der Waals surface area contributed by atoms with E-state index in [0.717, 1.165) is 0 Å². The first kappa shape index (κ1) is 19.8. The van der Waals surface area contributed by atoms with E-state index in [1.807, 2.05) is 19.1 Å². The number of hydrogen-bond donors (Lipinski definition) is 1. The van der Waals surface area contributed by atoms with E-state index in [1.54, 1.807) is 30.4 Å². The average molecular weight is 410 g/mol. The summed E-state index contributed by atoms with van der Waals surface area (Å²) in [5.41, 5.74) is 1.09. The number of ether oxygens (including phenoxy) is 3. The fourth-order valence-corrected chi connectivity index (χ4v) is 3.33. The number of benzene rings is 1. The smallest absolute Gasteiger partial charge is 0.349 e. The maximum Gasteiger partial charge on any atom is 0.349 e. The van der Waals surface area contributed by atoms with E-state index in [0.29, 0.717) is 54.9 Å². The zero-order valence-corrected chi connectivity index (χ0v) is 16.5. The van der Waals surface area contributed by atoms with E-state index < -0.39 is 12.1 Å². The van der Waals surface area contributed by atoms with Gasteiger partial charge in [-0.05, 0) is 31.6 Å². The zero-order valence-electron chi connectivity index (χ0n) is 16.5. The first-order chi connectivity index (χ1) is 14.7. The molecule has 4 amide bonds. The van der Waals surface area contributed by atoms with E-state index >= 15 is 0 Å². The van der Waals surface area contributed by atoms with E-state index in [2.05, 4.69) is 15.3 Å². The van der Waals surface area contributed by atoms with E-state index in [1.165, 1.54) is 4.90 Å². The second kappa shape index (κ2) is 8.91. The Morgan fingerprint density at radius 1 is 1.33 bits per heavy atom. The van der Waals surface area contributed by atoms with Gasteiger partial charge in [0, 0.05) is 31.5 Å². The minimum absolute atomic E-state index is 0.150. The molecule has 2 heterocycles. The molecule has 1 unspecified atom stereocenters. The first-order valence-corrected chi connectivity index (χ1v) is 9.77. The Labute approximate surface area is 173 Å². The highest BCUT2D eigenvalue weighted by molar-refractivity contribution is 6.24. The molecule has 0 bridgehead atoms. The first-order valence-electron chi connectivity index (χ1n) is 9.77. The molecule has 2 aliphatic heterocycles. The van der Waals surface area contributed by atoms with Gasteiger partial charge in [-0.15, -0.1) is 0 Å². The minimum Gasteiger partial charge on any atom is -0.454 e. The summed E-state index contributed by atoms with van der Waals surface area (Å²) in [6.45, 7) is 3.53. The van der Waals surface area contributed by atoms with Gasteiger partial charge in [-0.1, -0.05) is 18.2 Å². The largest absolute Gasteiger partial charge is 0.454 e. The van der Waals surface area contributed by atoms with Crippen molar-refractivity contribution in [1.82, 2.24) is 4.90 Å². The van der Waals surface area contributed by atoms with Crippen molar-refractivity contribution in [1.29, 1.82) is 0 Å². The average Bonchev–Trinajstić information content (AvgIpc) is 3.20. The van der Waals surface area contributed by atoms with Crippen molar-refractivity contribution in [3.63, 3.8) is 0 Å². The number of allylic oxidation sites excluding steroid dienone is 3. The van der Waals surface area contributed by atoms with Gasteiger partial charge in [-0.2, -0.15) is 9.98 Å². The predicted molar refractivity (Wildman–Crippen MR) is 111 cm³/mol. The number of nitrogens with zero attached hydrogens (tertiary/aromatic N) is 3. The van der Waals surface area contributed by atoms with E-state index in [4.69, 9.17) is 14.2 Å². The van der Waals surface area contributed by atoms with Crippen LogP contribution in [-0.4, -0.2) is 55.1 Å². The van der Waals surface area contributed by atoms with Crippen LogP contribution in [0.25, 0.3) is 0 Å². The second-order valence-corrected chi connectivity index (χ2v) is 6.71. The molecule has 1 aromatic rings. The van der Waals surface area contributed by atoms with Crippen LogP contribution in [0.2, 0.25) is 0 Å². The van der Waals surface area contributed by atoms with Gasteiger partial charge in [0.15, 0.2) is 11.5 Å². The second-order valence-electron chi connectivity index (χ2n) is 6.71. The molecule has 9 heteroatoms. The summed E-state index contributed by atoms with van der Waals surface area (Å²) in [7, 11) is 0. The van der Waals surface area contributed by atoms with Crippen LogP contribution in [0.15, 0.2) is 52.5 Å². The lowest BCUT2D eigenvalue weighted by Crippen LogP contribution is -2.47. The van der Waals surface area contributed by atoms with Crippen LogP contribution in [0.3, 0.4) is 0 Å². The number of amides is 4. The maximum atomic E-state index is 12.7. The topological polar surface area (TPSA) is 102 Å². The molecule has 156 valence electrons. The van der Waals surface area contributed by atoms with Crippen LogP contribution in [0.5, 0.6) is 11.5 Å². The molecule has 0 aromatic heterocycles. The van der Waals surface area contributed by atoms with Gasteiger partial charge in [0.1, 0.15) is 5.84 Å². The van der Waals surface area contributed by atoms with Crippen molar-refractivity contribution < 1.29 is 23.8 Å². The highest BCUT2D eigenvalue weighted by Gasteiger charge is 2.34. The van der Waals surface area contributed by atoms with E-state index in [-0.39, 0.29) is 12.7 Å². The van der Waals surface area contributed by atoms with Gasteiger partial charge in [0.25, 0.3) is 0 Å². The van der Waals surface area contributed by atoms with Crippen LogP contribution in [0, 0.1) is 5.92 Å². The maximum absolute atomic E-state index is 12.7. The molecule has 9 nitrogen and oxygen atoms in total. The van der Waals surface area contributed by atoms with Gasteiger partial charge in [-0.25, -0.2) is 9.59 Å². The Bertz CT molecular complexity index is 966. The molecular formula is C21H22N4O5. The summed E-state index contributed by atoms with van der Waals surface area (Å²) in [5.74, 6) is 1.17. The fourth-order valence-electron chi connectivity index (χ4n) is 3.33. The van der Waals surface area contributed by atoms with Crippen LogP contribution < -0.4 is 14.8 Å². The number of carbonyl (C=O) groups excluding carboxylic acids is 2. The third-order valence-electron chi connectivity index (χ3n) is 4.73. The normalized spacial score (nSPS) is 20.4. The molecular weight excluding hydrogens is 388 g/mol. The van der Waals surface area contributed by atoms with Crippen LogP contribution in [0.1, 0.15) is 13.3 Å². The third kappa shape index (κ3) is 4.25. The van der Waals surface area contributed by atoms with Crippen molar-refractivity contribution >= 4 is 29.3 Å². The number of nitrogens with one attached hydrogen (secondary N) is 1. The van der Waals surface area contributed by atoms with Gasteiger partial charge in [0.05, 0.1) is 11.6 Å². The lowest BCUT2D eigenvalue weighted by atomic mass is 9.94. The van der Waals surface area contributed by atoms with Gasteiger partial charge in [0.2, 0.25) is 6.79 Å². The number of urea groups is 2. The fraction of sp³-hybridized carbons (Fsp3) is 0.333. The molecule has 1 atom stereocenters. The minimum atomic E-state index is -0.587. The monoisotopic (exact) mass is 410 g/mol. The van der Waals surface area contributed by atoms with Crippen LogP contribution in [-0.2, 0) is 4.74 Å². The molecule has 0 fully saturated rings. The molecule has 0 spiro atoms. The third-order valence-corrected chi connectivity index (χ3v) is 4.73. The highest BCUT2D eigenvalue weighted by atomic mass is 16.7. The SMILES string of the molecule is CCOCCCN1C(=O)N=C2C=CC=CC2/C1=N/C(=O)Nc1ccc2c(c1)OCO2. The quantitative estimate of drug-likeness (QED) is 0.725. The molecule has 4 rings (SSSR count). The molecule has 3 aliphatic rings. The van der Waals surface area contributed by atoms with Gasteiger partial charge >= 0.3 is 12.1 Å². The number of rotatable bonds is 6. The summed E-state index contributed by atoms with van der Waals surface area (Å²) < 4.78 is 16.0. The van der Waals surface area contributed by atoms with Crippen molar-refractivity contribution in [3.05, 3.63) is 42.5 Å². The number of amidine groups is 1. The summed E-state index contributed by atoms with van der Waals surface area (Å²) >= 11 is 0. The lowest BCUT2D eigenvalue weighted by Gasteiger charge is -2.31. The summed E-state index contributed by atoms with van der Waals surface area (Å²) in [6.07, 6.45) is 7.89. The number of fused-ring (bicyclic) bond motifs is 2. The van der Waals surface area contributed by atoms with Crippen LogP contribution in [0.4, 0.5) is 15.3 Å². The molecule has 0 radical (unpaired) electrons. The zero-order chi connectivity index (χ0) is 20.9. The summed E-state index contributed by atoms with van der Waals surface area (Å²) in [5, 5.41) is 2.72. The Morgan fingerprint density at radius 2 is 2.20 bits per heavy atom. The Hall–Kier alpha value is -3.46. The molecule has 1 aromatic carbocycles. The number of anilines is 1. The Morgan fingerprint density at radius 3 is 3.07 bits per heavy atom. The number of hydrogen-bond acceptors (Lipinski definition) is 5. The Balaban J connectivity index is 1.55. The van der Waals surface area contributed by atoms with Gasteiger partial charge in [-0.3, -0.25) is 4.90 Å². The molecule has 30 heavy (non-hydrogen) atoms. The Kier molecular flexibility index (Phi) is 5.89. The van der Waals surface area contributed by atoms with Crippen molar-refractivity contribution in [2.45, 2.75) is 13.3 Å². The van der Waals surface area contributed by atoms with Crippen molar-refractivity contribution in [3.8, 4) is 11.5 Å². The van der Waals surface area contributed by atoms with E-state index in [9.17, 15) is 9.59 Å². The molecule has 0 saturated carbocycles. The van der Waals surface area contributed by atoms with Gasteiger partial charge < -0.3 is 19.5 Å². The highest BCUT2D eigenvalue weighted by Crippen LogP contribution is 2.34. The summed E-state index contributed by atoms with van der Waals surface area (Å²) in [6, 6.07) is 4.06. The molecule has 1 aliphatic carbocycles. The standard InChI is InChI=1S/C21H22N4O5/c1-2-28-11-5-10-25-19(15-6-3-4-7-16(15)23-21(25)27)24-20(26)22-14-8-9-17-18(12-14)30-13-29-17/h3-4,6-9,12,15H,2,5,10-11,13H2,1H3,(H,22,26)/b24-19-. The van der Waals surface area contributed by atoms with Crippen molar-refractivity contribution in [2.24, 2.45) is 15.9 Å². The molecule has 0 saturated heterocycles. The molecule has 1 N–H and O–H groups in total. The number of aliphatic imine (C=N–C) groups is 2. The lowest BCUT2D eigenvalue weighted by molar-refractivity contribution is 0.140. The number of carbonyl (C=O) groups is 2. The predicted octanol–water partition coefficient (Wildman–Crippen LogP) is 3.39.